The van der Waals surface area contributed by atoms with Gasteiger partial charge in [0.25, 0.3) is 11.5 Å². The summed E-state index contributed by atoms with van der Waals surface area (Å²) in [6.07, 6.45) is 2.47. The highest BCUT2D eigenvalue weighted by molar-refractivity contribution is 7.71. The molecule has 1 saturated heterocycles. The summed E-state index contributed by atoms with van der Waals surface area (Å²) in [5.74, 6) is 0.686. The summed E-state index contributed by atoms with van der Waals surface area (Å²) in [7, 11) is 3.74. The number of carbonyl (C=O) groups excluding carboxylic acids is 1. The number of carbonyl (C=O) groups is 1. The van der Waals surface area contributed by atoms with E-state index in [1.165, 1.54) is 4.57 Å². The van der Waals surface area contributed by atoms with Crippen LogP contribution in [0.1, 0.15) is 22.3 Å². The minimum absolute atomic E-state index is 0.172. The smallest absolute Gasteiger partial charge is 0.262 e. The first-order chi connectivity index (χ1) is 16.5. The monoisotopic (exact) mass is 482 g/mol. The fourth-order valence-corrected chi connectivity index (χ4v) is 4.40. The van der Waals surface area contributed by atoms with Gasteiger partial charge in [-0.1, -0.05) is 6.07 Å². The Morgan fingerprint density at radius 1 is 1.24 bits per heavy atom. The summed E-state index contributed by atoms with van der Waals surface area (Å²) >= 11 is 5.38. The lowest BCUT2D eigenvalue weighted by atomic mass is 10.1. The molecule has 0 unspecified atom stereocenters. The number of amides is 1. The summed E-state index contributed by atoms with van der Waals surface area (Å²) in [4.78, 5) is 38.0. The van der Waals surface area contributed by atoms with Crippen molar-refractivity contribution in [1.82, 2.24) is 24.8 Å². The number of aromatic nitrogens is 3. The Kier molecular flexibility index (Phi) is 7.71. The number of nitrogens with one attached hydrogen (secondary N) is 2. The van der Waals surface area contributed by atoms with Gasteiger partial charge < -0.3 is 24.8 Å². The van der Waals surface area contributed by atoms with E-state index in [1.807, 2.05) is 12.1 Å². The number of methoxy groups -OCH3 is 1. The molecule has 9 nitrogen and oxygen atoms in total. The molecule has 0 atom stereocenters. The Balaban J connectivity index is 1.49. The summed E-state index contributed by atoms with van der Waals surface area (Å²) in [5.41, 5.74) is 1.80. The molecule has 0 bridgehead atoms. The molecule has 1 aromatic carbocycles. The van der Waals surface area contributed by atoms with Gasteiger partial charge in [-0.15, -0.1) is 0 Å². The summed E-state index contributed by atoms with van der Waals surface area (Å²) in [6.45, 7) is 5.16. The minimum atomic E-state index is -0.223. The second-order valence-electron chi connectivity index (χ2n) is 8.45. The Labute approximate surface area is 203 Å². The first kappa shape index (κ1) is 24.1. The van der Waals surface area contributed by atoms with Gasteiger partial charge >= 0.3 is 0 Å². The number of anilines is 1. The maximum atomic E-state index is 12.9. The summed E-state index contributed by atoms with van der Waals surface area (Å²) < 4.78 is 6.92. The third kappa shape index (κ3) is 5.35. The predicted octanol–water partition coefficient (Wildman–Crippen LogP) is 2.17. The normalized spacial score (nSPS) is 14.5. The van der Waals surface area contributed by atoms with Gasteiger partial charge in [0.1, 0.15) is 5.82 Å². The van der Waals surface area contributed by atoms with Crippen LogP contribution < -0.4 is 15.8 Å². The van der Waals surface area contributed by atoms with Crippen LogP contribution in [0.2, 0.25) is 0 Å². The number of rotatable bonds is 8. The van der Waals surface area contributed by atoms with Gasteiger partial charge in [0, 0.05) is 70.3 Å². The van der Waals surface area contributed by atoms with Crippen LogP contribution >= 0.6 is 12.2 Å². The molecule has 0 radical (unpaired) electrons. The highest BCUT2D eigenvalue weighted by Crippen LogP contribution is 2.19. The minimum Gasteiger partial charge on any atom is -0.385 e. The van der Waals surface area contributed by atoms with Gasteiger partial charge in [-0.05, 0) is 50.0 Å². The number of pyridine rings is 1. The van der Waals surface area contributed by atoms with E-state index in [0.29, 0.717) is 47.4 Å². The highest BCUT2D eigenvalue weighted by atomic mass is 32.1. The molecule has 34 heavy (non-hydrogen) atoms. The Bertz CT molecular complexity index is 1280. The van der Waals surface area contributed by atoms with Crippen LogP contribution in [0, 0.1) is 4.77 Å². The van der Waals surface area contributed by atoms with Gasteiger partial charge in [-0.3, -0.25) is 14.2 Å². The van der Waals surface area contributed by atoms with E-state index in [0.717, 1.165) is 37.6 Å². The average molecular weight is 483 g/mol. The fourth-order valence-electron chi connectivity index (χ4n) is 4.11. The van der Waals surface area contributed by atoms with Crippen molar-refractivity contribution in [2.45, 2.75) is 19.5 Å². The van der Waals surface area contributed by atoms with Crippen molar-refractivity contribution in [2.24, 2.45) is 0 Å². The first-order valence-electron chi connectivity index (χ1n) is 11.4. The standard InChI is InChI=1S/C24H30N6O3S/c1-28-10-12-29(13-11-28)21-18(5-3-8-25-21)16-26-22(31)17-6-7-19-20(15-17)27-24(34)30(23(19)32)9-4-14-33-2/h3,5-8,15H,4,9-14,16H2,1-2H3,(H,26,31)(H,27,34). The second-order valence-corrected chi connectivity index (χ2v) is 8.84. The SMILES string of the molecule is COCCCn1c(=S)[nH]c2cc(C(=O)NCc3cccnc3N3CCN(C)CC3)ccc2c1=O. The number of benzene rings is 1. The van der Waals surface area contributed by atoms with Gasteiger partial charge in [0.15, 0.2) is 4.77 Å². The molecule has 180 valence electrons. The zero-order valence-electron chi connectivity index (χ0n) is 19.5. The number of fused-ring (bicyclic) bond motifs is 1. The molecular weight excluding hydrogens is 452 g/mol. The molecule has 0 spiro atoms. The van der Waals surface area contributed by atoms with Crippen molar-refractivity contribution < 1.29 is 9.53 Å². The van der Waals surface area contributed by atoms with Crippen LogP contribution in [-0.2, 0) is 17.8 Å². The summed E-state index contributed by atoms with van der Waals surface area (Å²) in [6, 6.07) is 8.88. The lowest BCUT2D eigenvalue weighted by Crippen LogP contribution is -2.45. The van der Waals surface area contributed by atoms with E-state index in [4.69, 9.17) is 17.0 Å². The Hall–Kier alpha value is -3.08. The largest absolute Gasteiger partial charge is 0.385 e. The van der Waals surface area contributed by atoms with Crippen molar-refractivity contribution in [3.63, 3.8) is 0 Å². The second kappa shape index (κ2) is 10.9. The Morgan fingerprint density at radius 3 is 2.79 bits per heavy atom. The molecule has 1 aliphatic heterocycles. The van der Waals surface area contributed by atoms with E-state index in [9.17, 15) is 9.59 Å². The van der Waals surface area contributed by atoms with Gasteiger partial charge in [0.05, 0.1) is 10.9 Å². The molecule has 1 aliphatic rings. The first-order valence-corrected chi connectivity index (χ1v) is 11.8. The molecule has 0 saturated carbocycles. The van der Waals surface area contributed by atoms with Crippen LogP contribution in [0.25, 0.3) is 10.9 Å². The number of aromatic amines is 1. The van der Waals surface area contributed by atoms with Crippen LogP contribution in [0.5, 0.6) is 0 Å². The van der Waals surface area contributed by atoms with Crippen molar-refractivity contribution in [2.75, 3.05) is 51.8 Å². The average Bonchev–Trinajstić information content (AvgIpc) is 2.85. The summed E-state index contributed by atoms with van der Waals surface area (Å²) in [5, 5.41) is 3.48. The lowest BCUT2D eigenvalue weighted by Gasteiger charge is -2.34. The van der Waals surface area contributed by atoms with Crippen molar-refractivity contribution in [1.29, 1.82) is 0 Å². The molecule has 0 aliphatic carbocycles. The molecule has 3 heterocycles. The van der Waals surface area contributed by atoms with Gasteiger partial charge in [0.2, 0.25) is 0 Å². The number of nitrogens with zero attached hydrogens (tertiary/aromatic N) is 4. The molecule has 2 aromatic heterocycles. The third-order valence-electron chi connectivity index (χ3n) is 6.08. The van der Waals surface area contributed by atoms with Crippen LogP contribution in [0.4, 0.5) is 5.82 Å². The zero-order chi connectivity index (χ0) is 24.1. The van der Waals surface area contributed by atoms with Crippen LogP contribution in [-0.4, -0.2) is 72.3 Å². The third-order valence-corrected chi connectivity index (χ3v) is 6.41. The topological polar surface area (TPSA) is 95.5 Å². The molecule has 1 amide bonds. The maximum Gasteiger partial charge on any atom is 0.262 e. The maximum absolute atomic E-state index is 12.9. The number of hydrogen-bond donors (Lipinski definition) is 2. The molecule has 10 heteroatoms. The quantitative estimate of drug-likeness (QED) is 0.375. The van der Waals surface area contributed by atoms with E-state index in [-0.39, 0.29) is 11.5 Å². The van der Waals surface area contributed by atoms with Crippen molar-refractivity contribution in [3.05, 3.63) is 62.8 Å². The predicted molar refractivity (Wildman–Crippen MR) is 135 cm³/mol. The van der Waals surface area contributed by atoms with E-state index in [2.05, 4.69) is 32.1 Å². The lowest BCUT2D eigenvalue weighted by molar-refractivity contribution is 0.0951. The number of ether oxygens (including phenoxy) is 1. The highest BCUT2D eigenvalue weighted by Gasteiger charge is 2.18. The van der Waals surface area contributed by atoms with Gasteiger partial charge in [-0.2, -0.15) is 0 Å². The van der Waals surface area contributed by atoms with Crippen LogP contribution in [0.3, 0.4) is 0 Å². The Morgan fingerprint density at radius 2 is 2.03 bits per heavy atom. The fraction of sp³-hybridized carbons (Fsp3) is 0.417. The zero-order valence-corrected chi connectivity index (χ0v) is 20.4. The molecule has 3 aromatic rings. The van der Waals surface area contributed by atoms with Crippen LogP contribution in [0.15, 0.2) is 41.3 Å². The molecule has 4 rings (SSSR count). The van der Waals surface area contributed by atoms with Crippen molar-refractivity contribution >= 4 is 34.8 Å². The number of likely N-dealkylation sites (N-methyl/N-ethyl adjacent to an activating group) is 1. The van der Waals surface area contributed by atoms with E-state index >= 15 is 0 Å². The van der Waals surface area contributed by atoms with Gasteiger partial charge in [-0.25, -0.2) is 4.98 Å². The molecule has 1 fully saturated rings. The number of H-pyrrole nitrogens is 1. The van der Waals surface area contributed by atoms with E-state index < -0.39 is 0 Å². The van der Waals surface area contributed by atoms with Crippen molar-refractivity contribution in [3.8, 4) is 0 Å². The van der Waals surface area contributed by atoms with E-state index in [1.54, 1.807) is 31.5 Å². The number of hydrogen-bond acceptors (Lipinski definition) is 7. The molecule has 2 N–H and O–H groups in total. The number of piperazine rings is 1. The molecular formula is C24H30N6O3S.